The molecule has 0 heterocycles. The number of rotatable bonds is 6. The third kappa shape index (κ3) is 3.99. The second-order valence-electron chi connectivity index (χ2n) is 5.64. The normalized spacial score (nSPS) is 21.7. The summed E-state index contributed by atoms with van der Waals surface area (Å²) < 4.78 is 5.12. The fourth-order valence-electron chi connectivity index (χ4n) is 2.79. The molecule has 2 rings (SSSR count). The van der Waals surface area contributed by atoms with Crippen LogP contribution in [0.4, 0.5) is 5.69 Å². The summed E-state index contributed by atoms with van der Waals surface area (Å²) in [6, 6.07) is 8.21. The van der Waals surface area contributed by atoms with Crippen LogP contribution in [0.1, 0.15) is 56.3 Å². The van der Waals surface area contributed by atoms with Gasteiger partial charge in [-0.15, -0.1) is 0 Å². The smallest absolute Gasteiger partial charge is 0.338 e. The Morgan fingerprint density at radius 2 is 2.00 bits per heavy atom. The summed E-state index contributed by atoms with van der Waals surface area (Å²) in [5.74, 6) is 0.640. The number of carbonyl (C=O) groups is 1. The van der Waals surface area contributed by atoms with Gasteiger partial charge in [-0.1, -0.05) is 20.3 Å². The summed E-state index contributed by atoms with van der Waals surface area (Å²) in [6.07, 6.45) is 5.97. The number of benzene rings is 1. The van der Waals surface area contributed by atoms with Gasteiger partial charge in [-0.25, -0.2) is 4.79 Å². The van der Waals surface area contributed by atoms with Gasteiger partial charge >= 0.3 is 5.97 Å². The first-order valence-corrected chi connectivity index (χ1v) is 7.76. The first-order chi connectivity index (χ1) is 9.72. The summed E-state index contributed by atoms with van der Waals surface area (Å²) in [4.78, 5) is 11.7. The van der Waals surface area contributed by atoms with Gasteiger partial charge in [0.05, 0.1) is 12.2 Å². The molecule has 3 nitrogen and oxygen atoms in total. The molecule has 1 fully saturated rings. The Morgan fingerprint density at radius 1 is 1.25 bits per heavy atom. The van der Waals surface area contributed by atoms with Crippen LogP contribution in [0.25, 0.3) is 0 Å². The topological polar surface area (TPSA) is 38.3 Å². The molecule has 0 bridgehead atoms. The highest BCUT2D eigenvalue weighted by molar-refractivity contribution is 5.89. The van der Waals surface area contributed by atoms with Crippen molar-refractivity contribution in [2.45, 2.75) is 52.0 Å². The van der Waals surface area contributed by atoms with E-state index in [4.69, 9.17) is 4.74 Å². The minimum atomic E-state index is -0.231. The van der Waals surface area contributed by atoms with E-state index in [1.165, 1.54) is 25.7 Å². The van der Waals surface area contributed by atoms with E-state index in [-0.39, 0.29) is 5.97 Å². The number of esters is 1. The number of hydrogen-bond acceptors (Lipinski definition) is 3. The molecule has 0 saturated heterocycles. The van der Waals surface area contributed by atoms with Gasteiger partial charge in [-0.2, -0.15) is 0 Å². The number of carbonyl (C=O) groups excluding carboxylic acids is 1. The van der Waals surface area contributed by atoms with Gasteiger partial charge in [-0.05, 0) is 55.9 Å². The SMILES string of the molecule is CCCOC(=O)c1ccc(NC2CCC(CC)C2)cc1. The lowest BCUT2D eigenvalue weighted by Crippen LogP contribution is -2.15. The standard InChI is InChI=1S/C17H25NO2/c1-3-11-20-17(19)14-6-9-15(10-7-14)18-16-8-5-13(4-2)12-16/h6-7,9-10,13,16,18H,3-5,8,11-12H2,1-2H3. The molecular weight excluding hydrogens is 250 g/mol. The van der Waals surface area contributed by atoms with Gasteiger partial charge in [0.15, 0.2) is 0 Å². The van der Waals surface area contributed by atoms with Crippen molar-refractivity contribution in [3.63, 3.8) is 0 Å². The van der Waals surface area contributed by atoms with Crippen LogP contribution in [0.2, 0.25) is 0 Å². The molecule has 1 aromatic rings. The van der Waals surface area contributed by atoms with E-state index in [2.05, 4.69) is 12.2 Å². The van der Waals surface area contributed by atoms with Gasteiger partial charge in [0.1, 0.15) is 0 Å². The van der Waals surface area contributed by atoms with E-state index in [1.54, 1.807) is 0 Å². The molecule has 0 radical (unpaired) electrons. The lowest BCUT2D eigenvalue weighted by Gasteiger charge is -2.14. The second-order valence-corrected chi connectivity index (χ2v) is 5.64. The van der Waals surface area contributed by atoms with Gasteiger partial charge in [0, 0.05) is 11.7 Å². The lowest BCUT2D eigenvalue weighted by atomic mass is 10.1. The summed E-state index contributed by atoms with van der Waals surface area (Å²) >= 11 is 0. The molecule has 0 spiro atoms. The van der Waals surface area contributed by atoms with Gasteiger partial charge in [-0.3, -0.25) is 0 Å². The monoisotopic (exact) mass is 275 g/mol. The highest BCUT2D eigenvalue weighted by atomic mass is 16.5. The maximum absolute atomic E-state index is 11.7. The first kappa shape index (κ1) is 14.9. The zero-order valence-electron chi connectivity index (χ0n) is 12.5. The molecule has 1 aliphatic carbocycles. The van der Waals surface area contributed by atoms with E-state index >= 15 is 0 Å². The average molecular weight is 275 g/mol. The van der Waals surface area contributed by atoms with Crippen molar-refractivity contribution in [1.82, 2.24) is 0 Å². The van der Waals surface area contributed by atoms with Crippen LogP contribution in [-0.4, -0.2) is 18.6 Å². The molecule has 1 N–H and O–H groups in total. The molecule has 1 saturated carbocycles. The minimum Gasteiger partial charge on any atom is -0.462 e. The van der Waals surface area contributed by atoms with Crippen LogP contribution in [-0.2, 0) is 4.74 Å². The van der Waals surface area contributed by atoms with Crippen molar-refractivity contribution in [2.24, 2.45) is 5.92 Å². The number of hydrogen-bond donors (Lipinski definition) is 1. The van der Waals surface area contributed by atoms with E-state index < -0.39 is 0 Å². The number of anilines is 1. The van der Waals surface area contributed by atoms with Crippen molar-refractivity contribution in [3.05, 3.63) is 29.8 Å². The maximum Gasteiger partial charge on any atom is 0.338 e. The van der Waals surface area contributed by atoms with Crippen LogP contribution in [0.5, 0.6) is 0 Å². The van der Waals surface area contributed by atoms with Crippen molar-refractivity contribution >= 4 is 11.7 Å². The molecule has 0 aliphatic heterocycles. The Hall–Kier alpha value is -1.51. The fourth-order valence-corrected chi connectivity index (χ4v) is 2.79. The second kappa shape index (κ2) is 7.32. The largest absolute Gasteiger partial charge is 0.462 e. The molecule has 20 heavy (non-hydrogen) atoms. The zero-order valence-corrected chi connectivity index (χ0v) is 12.5. The number of nitrogens with one attached hydrogen (secondary N) is 1. The zero-order chi connectivity index (χ0) is 14.4. The Morgan fingerprint density at radius 3 is 2.60 bits per heavy atom. The predicted molar refractivity (Wildman–Crippen MR) is 82.1 cm³/mol. The molecule has 110 valence electrons. The molecule has 1 aromatic carbocycles. The molecular formula is C17H25NO2. The van der Waals surface area contributed by atoms with E-state index in [0.29, 0.717) is 18.2 Å². The van der Waals surface area contributed by atoms with Crippen molar-refractivity contribution in [2.75, 3.05) is 11.9 Å². The van der Waals surface area contributed by atoms with Crippen LogP contribution in [0, 0.1) is 5.92 Å². The minimum absolute atomic E-state index is 0.231. The van der Waals surface area contributed by atoms with Crippen LogP contribution < -0.4 is 5.32 Å². The van der Waals surface area contributed by atoms with Gasteiger partial charge < -0.3 is 10.1 Å². The summed E-state index contributed by atoms with van der Waals surface area (Å²) in [6.45, 7) is 4.74. The van der Waals surface area contributed by atoms with E-state index in [0.717, 1.165) is 18.0 Å². The van der Waals surface area contributed by atoms with Crippen molar-refractivity contribution in [1.29, 1.82) is 0 Å². The Labute approximate surface area is 121 Å². The van der Waals surface area contributed by atoms with E-state index in [9.17, 15) is 4.79 Å². The van der Waals surface area contributed by atoms with E-state index in [1.807, 2.05) is 31.2 Å². The average Bonchev–Trinajstić information content (AvgIpc) is 2.93. The Balaban J connectivity index is 1.87. The Bertz CT molecular complexity index is 427. The van der Waals surface area contributed by atoms with Crippen LogP contribution in [0.3, 0.4) is 0 Å². The summed E-state index contributed by atoms with van der Waals surface area (Å²) in [5, 5.41) is 3.56. The third-order valence-electron chi connectivity index (χ3n) is 4.05. The Kier molecular flexibility index (Phi) is 5.45. The molecule has 2 atom stereocenters. The maximum atomic E-state index is 11.7. The highest BCUT2D eigenvalue weighted by Gasteiger charge is 2.22. The first-order valence-electron chi connectivity index (χ1n) is 7.76. The predicted octanol–water partition coefficient (Wildman–Crippen LogP) is 4.24. The quantitative estimate of drug-likeness (QED) is 0.789. The molecule has 1 aliphatic rings. The summed E-state index contributed by atoms with van der Waals surface area (Å²) in [5.41, 5.74) is 1.72. The third-order valence-corrected chi connectivity index (χ3v) is 4.05. The molecule has 2 unspecified atom stereocenters. The number of ether oxygens (including phenoxy) is 1. The van der Waals surface area contributed by atoms with Gasteiger partial charge in [0.25, 0.3) is 0 Å². The molecule has 0 aromatic heterocycles. The molecule has 3 heteroatoms. The van der Waals surface area contributed by atoms with Crippen molar-refractivity contribution in [3.8, 4) is 0 Å². The van der Waals surface area contributed by atoms with Gasteiger partial charge in [0.2, 0.25) is 0 Å². The highest BCUT2D eigenvalue weighted by Crippen LogP contribution is 2.30. The molecule has 0 amide bonds. The van der Waals surface area contributed by atoms with Crippen molar-refractivity contribution < 1.29 is 9.53 Å². The van der Waals surface area contributed by atoms with Crippen LogP contribution in [0.15, 0.2) is 24.3 Å². The lowest BCUT2D eigenvalue weighted by molar-refractivity contribution is 0.0505. The van der Waals surface area contributed by atoms with Crippen LogP contribution >= 0.6 is 0 Å². The fraction of sp³-hybridized carbons (Fsp3) is 0.588. The summed E-state index contributed by atoms with van der Waals surface area (Å²) in [7, 11) is 0.